The summed E-state index contributed by atoms with van der Waals surface area (Å²) in [7, 11) is 0. The van der Waals surface area contributed by atoms with Crippen molar-refractivity contribution in [2.75, 3.05) is 18.5 Å². The first-order chi connectivity index (χ1) is 20.5. The van der Waals surface area contributed by atoms with E-state index < -0.39 is 22.8 Å². The minimum absolute atomic E-state index is 0.0277. The van der Waals surface area contributed by atoms with Crippen LogP contribution >= 0.6 is 0 Å². The monoisotopic (exact) mass is 586 g/mol. The highest BCUT2D eigenvalue weighted by Gasteiger charge is 2.59. The van der Waals surface area contributed by atoms with E-state index in [1.807, 2.05) is 39.0 Å². The second kappa shape index (κ2) is 11.6. The normalized spacial score (nSPS) is 19.2. The van der Waals surface area contributed by atoms with Gasteiger partial charge in [-0.05, 0) is 30.2 Å². The Morgan fingerprint density at radius 2 is 1.70 bits per heavy atom. The molecule has 3 aromatic rings. The molecule has 0 radical (unpaired) electrons. The van der Waals surface area contributed by atoms with Gasteiger partial charge in [0.25, 0.3) is 5.69 Å². The molecule has 12 nitrogen and oxygen atoms in total. The molecule has 43 heavy (non-hydrogen) atoms. The number of nitro groups is 1. The number of carbonyl (C=O) groups excluding carboxylic acids is 4. The number of carbonyl (C=O) groups is 4. The van der Waals surface area contributed by atoms with Gasteiger partial charge in [0.15, 0.2) is 0 Å². The van der Waals surface area contributed by atoms with Gasteiger partial charge in [0, 0.05) is 40.1 Å². The molecule has 0 bridgehead atoms. The van der Waals surface area contributed by atoms with Crippen LogP contribution in [-0.4, -0.2) is 52.8 Å². The molecule has 2 amide bonds. The lowest BCUT2D eigenvalue weighted by Gasteiger charge is -2.47. The fraction of sp³-hybridized carbons (Fsp3) is 0.290. The van der Waals surface area contributed by atoms with Crippen LogP contribution in [0.1, 0.15) is 31.1 Å². The predicted octanol–water partition coefficient (Wildman–Crippen LogP) is 3.79. The molecule has 0 aliphatic carbocycles. The number of hydrogen-bond acceptors (Lipinski definition) is 9. The van der Waals surface area contributed by atoms with Crippen LogP contribution in [0, 0.1) is 27.9 Å². The van der Waals surface area contributed by atoms with Gasteiger partial charge in [-0.3, -0.25) is 19.7 Å². The average molecular weight is 587 g/mol. The molecule has 0 spiro atoms. The number of fused-ring (bicyclic) bond motifs is 2. The van der Waals surface area contributed by atoms with Crippen molar-refractivity contribution in [2.24, 2.45) is 23.5 Å². The number of nitrogens with two attached hydrogens (primary N) is 1. The molecular weight excluding hydrogens is 556 g/mol. The lowest BCUT2D eigenvalue weighted by molar-refractivity contribution is -0.384. The number of nitro benzene ring substituents is 1. The topological polar surface area (TPSA) is 171 Å². The number of anilines is 1. The Balaban J connectivity index is 1.44. The van der Waals surface area contributed by atoms with Gasteiger partial charge in [-0.1, -0.05) is 45.0 Å². The van der Waals surface area contributed by atoms with Gasteiger partial charge in [0.2, 0.25) is 11.8 Å². The molecule has 12 heteroatoms. The van der Waals surface area contributed by atoms with E-state index in [4.69, 9.17) is 15.2 Å². The summed E-state index contributed by atoms with van der Waals surface area (Å²) < 4.78 is 11.4. The number of nitrogens with zero attached hydrogens (tertiary/aromatic N) is 2. The number of benzene rings is 3. The Labute approximate surface area is 246 Å². The minimum Gasteiger partial charge on any atom is -0.488 e. The van der Waals surface area contributed by atoms with Crippen molar-refractivity contribution in [2.45, 2.75) is 26.8 Å². The minimum atomic E-state index is -0.998. The fourth-order valence-electron chi connectivity index (χ4n) is 5.82. The summed E-state index contributed by atoms with van der Waals surface area (Å²) in [5.41, 5.74) is 6.20. The highest BCUT2D eigenvalue weighted by atomic mass is 16.6. The number of esters is 2. The Hall–Kier alpha value is -5.26. The zero-order valence-corrected chi connectivity index (χ0v) is 23.7. The standard InChI is InChI=1S/C31H30N4O8/c1-16(2)26-27-17(3)22(15-42-24-9-5-6-20-21(24)7-4-8-23(20)33-14-25(32)36)28(34(27)29(26)37)31(39)43-30(38)18-10-12-19(13-11-18)35(40)41/h4-13,16-17,26-27,33H,14-15H2,1-3H3,(H2,32,36)/t17-,26?,27?/m0/s1. The molecule has 0 aromatic heterocycles. The van der Waals surface area contributed by atoms with Crippen LogP contribution in [0.2, 0.25) is 0 Å². The highest BCUT2D eigenvalue weighted by molar-refractivity contribution is 6.06. The molecule has 3 aromatic carbocycles. The zero-order chi connectivity index (χ0) is 31.0. The molecular formula is C31H30N4O8. The molecule has 2 heterocycles. The van der Waals surface area contributed by atoms with E-state index in [2.05, 4.69) is 5.32 Å². The quantitative estimate of drug-likeness (QED) is 0.118. The average Bonchev–Trinajstić information content (AvgIpc) is 3.22. The number of rotatable bonds is 10. The van der Waals surface area contributed by atoms with E-state index in [1.54, 1.807) is 18.2 Å². The molecule has 5 rings (SSSR count). The first kappa shape index (κ1) is 29.2. The Morgan fingerprint density at radius 1 is 1.02 bits per heavy atom. The Kier molecular flexibility index (Phi) is 7.85. The maximum absolute atomic E-state index is 13.5. The second-order valence-corrected chi connectivity index (χ2v) is 10.9. The van der Waals surface area contributed by atoms with Crippen molar-refractivity contribution in [3.05, 3.63) is 87.6 Å². The summed E-state index contributed by atoms with van der Waals surface area (Å²) in [5, 5.41) is 15.5. The molecule has 3 N–H and O–H groups in total. The summed E-state index contributed by atoms with van der Waals surface area (Å²) in [6, 6.07) is 15.3. The van der Waals surface area contributed by atoms with Crippen LogP contribution in [0.25, 0.3) is 10.8 Å². The lowest BCUT2D eigenvalue weighted by atomic mass is 9.74. The number of ether oxygens (including phenoxy) is 2. The van der Waals surface area contributed by atoms with Crippen LogP contribution in [-0.2, 0) is 19.1 Å². The maximum Gasteiger partial charge on any atom is 0.363 e. The van der Waals surface area contributed by atoms with Crippen LogP contribution in [0.4, 0.5) is 11.4 Å². The lowest BCUT2D eigenvalue weighted by Crippen LogP contribution is -2.62. The number of amides is 2. The summed E-state index contributed by atoms with van der Waals surface area (Å²) >= 11 is 0. The van der Waals surface area contributed by atoms with E-state index >= 15 is 0 Å². The smallest absolute Gasteiger partial charge is 0.363 e. The van der Waals surface area contributed by atoms with Crippen LogP contribution < -0.4 is 15.8 Å². The van der Waals surface area contributed by atoms with Gasteiger partial charge in [0.05, 0.1) is 29.0 Å². The second-order valence-electron chi connectivity index (χ2n) is 10.9. The van der Waals surface area contributed by atoms with Gasteiger partial charge in [-0.2, -0.15) is 0 Å². The number of non-ortho nitro benzene ring substituents is 1. The van der Waals surface area contributed by atoms with Crippen molar-refractivity contribution in [1.82, 2.24) is 4.90 Å². The first-order valence-corrected chi connectivity index (χ1v) is 13.7. The summed E-state index contributed by atoms with van der Waals surface area (Å²) in [4.78, 5) is 62.5. The van der Waals surface area contributed by atoms with E-state index in [1.165, 1.54) is 17.0 Å². The first-order valence-electron chi connectivity index (χ1n) is 13.7. The summed E-state index contributed by atoms with van der Waals surface area (Å²) in [5.74, 6) is -2.76. The Bertz CT molecular complexity index is 1680. The van der Waals surface area contributed by atoms with Crippen molar-refractivity contribution in [3.63, 3.8) is 0 Å². The largest absolute Gasteiger partial charge is 0.488 e. The fourth-order valence-corrected chi connectivity index (χ4v) is 5.82. The van der Waals surface area contributed by atoms with Gasteiger partial charge < -0.3 is 25.4 Å². The molecule has 222 valence electrons. The number of β-lactam (4-membered cyclic amide) rings is 1. The highest BCUT2D eigenvalue weighted by Crippen LogP contribution is 2.49. The third kappa shape index (κ3) is 5.39. The molecule has 2 aliphatic rings. The number of primary amides is 1. The maximum atomic E-state index is 13.5. The molecule has 2 unspecified atom stereocenters. The van der Waals surface area contributed by atoms with Crippen molar-refractivity contribution < 1.29 is 33.6 Å². The van der Waals surface area contributed by atoms with Gasteiger partial charge in [-0.15, -0.1) is 0 Å². The third-order valence-corrected chi connectivity index (χ3v) is 7.92. The van der Waals surface area contributed by atoms with Crippen molar-refractivity contribution in [3.8, 4) is 5.75 Å². The van der Waals surface area contributed by atoms with Crippen LogP contribution in [0.3, 0.4) is 0 Å². The molecule has 1 fully saturated rings. The van der Waals surface area contributed by atoms with Gasteiger partial charge >= 0.3 is 11.9 Å². The van der Waals surface area contributed by atoms with E-state index in [0.717, 1.165) is 22.9 Å². The Morgan fingerprint density at radius 3 is 2.35 bits per heavy atom. The molecule has 2 aliphatic heterocycles. The zero-order valence-electron chi connectivity index (χ0n) is 23.7. The predicted molar refractivity (Wildman–Crippen MR) is 156 cm³/mol. The van der Waals surface area contributed by atoms with Crippen molar-refractivity contribution in [1.29, 1.82) is 0 Å². The van der Waals surface area contributed by atoms with Crippen molar-refractivity contribution >= 4 is 45.9 Å². The van der Waals surface area contributed by atoms with E-state index in [-0.39, 0.29) is 59.8 Å². The van der Waals surface area contributed by atoms with Gasteiger partial charge in [-0.25, -0.2) is 9.59 Å². The van der Waals surface area contributed by atoms with Crippen LogP contribution in [0.5, 0.6) is 5.75 Å². The van der Waals surface area contributed by atoms with E-state index in [9.17, 15) is 29.3 Å². The molecule has 0 saturated carbocycles. The van der Waals surface area contributed by atoms with Crippen LogP contribution in [0.15, 0.2) is 71.9 Å². The molecule has 1 saturated heterocycles. The third-order valence-electron chi connectivity index (χ3n) is 7.92. The summed E-state index contributed by atoms with van der Waals surface area (Å²) in [6.45, 7) is 5.70. The number of hydrogen-bond donors (Lipinski definition) is 2. The van der Waals surface area contributed by atoms with Gasteiger partial charge in [0.1, 0.15) is 18.1 Å². The number of nitrogens with one attached hydrogen (secondary N) is 1. The summed E-state index contributed by atoms with van der Waals surface area (Å²) in [6.07, 6.45) is 0. The van der Waals surface area contributed by atoms with E-state index in [0.29, 0.717) is 17.0 Å². The SMILES string of the molecule is CC(C)C1C(=O)N2C(C(=O)OC(=O)c3ccc([N+](=O)[O-])cc3)=C(COc3cccc4c(NCC(N)=O)cccc34)[C@H](C)C12. The molecule has 3 atom stereocenters.